The molecule has 5 amide bonds. The van der Waals surface area contributed by atoms with Gasteiger partial charge in [0.25, 0.3) is 5.91 Å². The Bertz CT molecular complexity index is 1750. The number of nitrogens with zero attached hydrogens (tertiary/aromatic N) is 2. The average Bonchev–Trinajstić information content (AvgIpc) is 3.96. The minimum Gasteiger partial charge on any atom is -0.444 e. The van der Waals surface area contributed by atoms with E-state index in [-0.39, 0.29) is 31.7 Å². The van der Waals surface area contributed by atoms with Crippen molar-refractivity contribution in [2.45, 2.75) is 121 Å². The third-order valence-electron chi connectivity index (χ3n) is 10.6. The molecule has 5 aliphatic rings. The monoisotopic (exact) mass is 723 g/mol. The Kier molecular flexibility index (Phi) is 10.1. The Labute approximate surface area is 299 Å². The Balaban J connectivity index is 1.27. The van der Waals surface area contributed by atoms with Crippen molar-refractivity contribution in [3.05, 3.63) is 53.6 Å². The molecule has 1 saturated heterocycles. The second kappa shape index (κ2) is 14.1. The fourth-order valence-electron chi connectivity index (χ4n) is 7.33. The summed E-state index contributed by atoms with van der Waals surface area (Å²) in [5.74, 6) is -2.85. The highest BCUT2D eigenvalue weighted by Gasteiger charge is 2.62. The maximum atomic E-state index is 14.4. The molecule has 3 heterocycles. The number of benzene rings is 1. The minimum atomic E-state index is -3.89. The summed E-state index contributed by atoms with van der Waals surface area (Å²) in [7, 11) is -3.89. The van der Waals surface area contributed by atoms with Crippen LogP contribution in [0.4, 0.5) is 4.79 Å². The van der Waals surface area contributed by atoms with Crippen LogP contribution in [-0.4, -0.2) is 83.5 Å². The highest BCUT2D eigenvalue weighted by molar-refractivity contribution is 7.91. The van der Waals surface area contributed by atoms with Crippen LogP contribution in [0.5, 0.6) is 0 Å². The fourth-order valence-corrected chi connectivity index (χ4v) is 8.69. The highest BCUT2D eigenvalue weighted by atomic mass is 32.2. The summed E-state index contributed by atoms with van der Waals surface area (Å²) in [4.78, 5) is 71.6. The van der Waals surface area contributed by atoms with Crippen molar-refractivity contribution < 1.29 is 37.1 Å². The standard InChI is InChI=1S/C37H49N5O8S/c1-5-25-19-37(25,34(46)40-51(48,49)27-16-17-27)39-32(44)29-18-26-21-42(29)33(45)31(36(2,3)4)38-30(43)15-10-8-6-7-9-12-23-13-11-14-24-20-41(22-28(23)24)35(47)50-26/h5,9,11-14,25-27,29,31H,1,6-8,10,15-22H2,2-4H3,(H,38,43)(H,39,44)(H,40,46)/b12-9+/t25-,26-,29+,31?,37+/m1/s1. The molecule has 6 rings (SSSR count). The number of hydrogen-bond donors (Lipinski definition) is 3. The van der Waals surface area contributed by atoms with Gasteiger partial charge in [0.05, 0.1) is 18.3 Å². The number of amides is 5. The first kappa shape index (κ1) is 36.6. The van der Waals surface area contributed by atoms with Crippen LogP contribution in [0, 0.1) is 11.3 Å². The number of ether oxygens (including phenoxy) is 1. The highest BCUT2D eigenvalue weighted by Crippen LogP contribution is 2.45. The summed E-state index contributed by atoms with van der Waals surface area (Å²) < 4.78 is 33.4. The lowest BCUT2D eigenvalue weighted by atomic mass is 9.85. The number of nitrogens with one attached hydrogen (secondary N) is 3. The van der Waals surface area contributed by atoms with Gasteiger partial charge in [0.1, 0.15) is 23.7 Å². The molecule has 1 unspecified atom stereocenters. The Hall–Kier alpha value is -4.20. The van der Waals surface area contributed by atoms with Gasteiger partial charge in [-0.15, -0.1) is 6.58 Å². The lowest BCUT2D eigenvalue weighted by molar-refractivity contribution is -0.144. The predicted molar refractivity (Wildman–Crippen MR) is 189 cm³/mol. The van der Waals surface area contributed by atoms with E-state index in [9.17, 15) is 32.4 Å². The van der Waals surface area contributed by atoms with Crippen LogP contribution in [0.25, 0.3) is 6.08 Å². The summed E-state index contributed by atoms with van der Waals surface area (Å²) in [6, 6.07) is 3.79. The van der Waals surface area contributed by atoms with Crippen molar-refractivity contribution in [3.8, 4) is 0 Å². The molecule has 3 aliphatic heterocycles. The van der Waals surface area contributed by atoms with Crippen LogP contribution >= 0.6 is 0 Å². The molecule has 2 aliphatic carbocycles. The van der Waals surface area contributed by atoms with Crippen molar-refractivity contribution in [2.75, 3.05) is 6.54 Å². The molecule has 1 aromatic carbocycles. The van der Waals surface area contributed by atoms with Crippen molar-refractivity contribution in [3.63, 3.8) is 0 Å². The van der Waals surface area contributed by atoms with E-state index < -0.39 is 74.1 Å². The van der Waals surface area contributed by atoms with E-state index in [1.165, 1.54) is 11.0 Å². The number of rotatable bonds is 6. The topological polar surface area (TPSA) is 171 Å². The molecule has 276 valence electrons. The van der Waals surface area contributed by atoms with Crippen molar-refractivity contribution >= 4 is 45.8 Å². The molecule has 13 nitrogen and oxygen atoms in total. The van der Waals surface area contributed by atoms with E-state index >= 15 is 0 Å². The molecule has 0 spiro atoms. The normalized spacial score (nSPS) is 29.4. The van der Waals surface area contributed by atoms with Crippen LogP contribution in [0.3, 0.4) is 0 Å². The van der Waals surface area contributed by atoms with Gasteiger partial charge in [0, 0.05) is 25.3 Å². The lowest BCUT2D eigenvalue weighted by Crippen LogP contribution is -2.60. The molecule has 3 N–H and O–H groups in total. The van der Waals surface area contributed by atoms with Gasteiger partial charge in [-0.25, -0.2) is 13.2 Å². The third kappa shape index (κ3) is 7.85. The molecular weight excluding hydrogens is 675 g/mol. The Morgan fingerprint density at radius 3 is 2.55 bits per heavy atom. The molecule has 5 atom stereocenters. The van der Waals surface area contributed by atoms with Crippen molar-refractivity contribution in [1.82, 2.24) is 25.2 Å². The first-order valence-electron chi connectivity index (χ1n) is 18.0. The van der Waals surface area contributed by atoms with Gasteiger partial charge in [-0.2, -0.15) is 0 Å². The van der Waals surface area contributed by atoms with Gasteiger partial charge >= 0.3 is 6.09 Å². The van der Waals surface area contributed by atoms with Crippen LogP contribution < -0.4 is 15.4 Å². The van der Waals surface area contributed by atoms with E-state index in [1.807, 2.05) is 39.0 Å². The van der Waals surface area contributed by atoms with Crippen molar-refractivity contribution in [1.29, 1.82) is 0 Å². The molecule has 0 radical (unpaired) electrons. The van der Waals surface area contributed by atoms with Gasteiger partial charge in [-0.3, -0.25) is 28.8 Å². The summed E-state index contributed by atoms with van der Waals surface area (Å²) in [6.07, 6.45) is 8.68. The first-order chi connectivity index (χ1) is 24.1. The smallest absolute Gasteiger partial charge is 0.410 e. The van der Waals surface area contributed by atoms with E-state index in [2.05, 4.69) is 34.1 Å². The van der Waals surface area contributed by atoms with Crippen molar-refractivity contribution in [2.24, 2.45) is 11.3 Å². The second-order valence-electron chi connectivity index (χ2n) is 15.6. The van der Waals surface area contributed by atoms with Crippen LogP contribution in [0.1, 0.15) is 95.2 Å². The molecule has 4 bridgehead atoms. The average molecular weight is 724 g/mol. The second-order valence-corrected chi connectivity index (χ2v) is 17.6. The maximum absolute atomic E-state index is 14.4. The number of sulfonamides is 1. The Morgan fingerprint density at radius 2 is 1.86 bits per heavy atom. The van der Waals surface area contributed by atoms with Gasteiger partial charge < -0.3 is 20.3 Å². The third-order valence-corrected chi connectivity index (χ3v) is 12.5. The molecule has 3 fully saturated rings. The zero-order valence-corrected chi connectivity index (χ0v) is 30.4. The Morgan fingerprint density at radius 1 is 1.10 bits per heavy atom. The quantitative estimate of drug-likeness (QED) is 0.376. The van der Waals surface area contributed by atoms with E-state index in [4.69, 9.17) is 4.74 Å². The van der Waals surface area contributed by atoms with Crippen LogP contribution in [0.2, 0.25) is 0 Å². The number of allylic oxidation sites excluding steroid dienone is 1. The predicted octanol–water partition coefficient (Wildman–Crippen LogP) is 3.29. The first-order valence-corrected chi connectivity index (χ1v) is 19.5. The summed E-state index contributed by atoms with van der Waals surface area (Å²) in [6.45, 7) is 9.82. The molecule has 1 aromatic rings. The maximum Gasteiger partial charge on any atom is 0.410 e. The van der Waals surface area contributed by atoms with Gasteiger partial charge in [0.2, 0.25) is 27.7 Å². The zero-order valence-electron chi connectivity index (χ0n) is 29.6. The van der Waals surface area contributed by atoms with E-state index in [0.717, 1.165) is 36.0 Å². The molecule has 14 heteroatoms. The number of fused-ring (bicyclic) bond motifs is 3. The van der Waals surface area contributed by atoms with Crippen LogP contribution in [-0.2, 0) is 47.0 Å². The molecule has 51 heavy (non-hydrogen) atoms. The lowest BCUT2D eigenvalue weighted by Gasteiger charge is -2.35. The van der Waals surface area contributed by atoms with E-state index in [1.54, 1.807) is 4.90 Å². The summed E-state index contributed by atoms with van der Waals surface area (Å²) in [5.41, 5.74) is 0.788. The van der Waals surface area contributed by atoms with Gasteiger partial charge in [-0.1, -0.05) is 63.6 Å². The summed E-state index contributed by atoms with van der Waals surface area (Å²) >= 11 is 0. The van der Waals surface area contributed by atoms with Crippen LogP contribution in [0.15, 0.2) is 36.9 Å². The number of carbonyl (C=O) groups is 5. The fraction of sp³-hybridized carbons (Fsp3) is 0.595. The minimum absolute atomic E-state index is 0.0558. The summed E-state index contributed by atoms with van der Waals surface area (Å²) in [5, 5.41) is 5.03. The van der Waals surface area contributed by atoms with Gasteiger partial charge in [0.15, 0.2) is 0 Å². The molecule has 2 saturated carbocycles. The number of hydrogen-bond acceptors (Lipinski definition) is 8. The van der Waals surface area contributed by atoms with E-state index in [0.29, 0.717) is 32.4 Å². The molecule has 0 aromatic heterocycles. The zero-order chi connectivity index (χ0) is 36.7. The largest absolute Gasteiger partial charge is 0.444 e. The SMILES string of the molecule is C=C[C@@H]1C[C@@]1(NC(=O)[C@@H]1C[C@@H]2CN1C(=O)C(C(C)(C)C)NC(=O)CCCCC/C=C/c1cccc3c1CN(C3)C(=O)O2)C(=O)NS(=O)(=O)C1CC1. The number of carbonyl (C=O) groups excluding carboxylic acids is 5. The van der Waals surface area contributed by atoms with Gasteiger partial charge in [-0.05, 0) is 60.6 Å². The molecular formula is C37H49N5O8S.